The van der Waals surface area contributed by atoms with Crippen LogP contribution in [0.4, 0.5) is 4.39 Å². The Labute approximate surface area is 176 Å². The van der Waals surface area contributed by atoms with E-state index >= 15 is 0 Å². The first-order valence-corrected chi connectivity index (χ1v) is 10.5. The Hall–Kier alpha value is -2.80. The van der Waals surface area contributed by atoms with E-state index < -0.39 is 0 Å². The van der Waals surface area contributed by atoms with Crippen LogP contribution in [0.2, 0.25) is 0 Å². The molecule has 0 saturated heterocycles. The first kappa shape index (κ1) is 20.5. The van der Waals surface area contributed by atoms with Crippen molar-refractivity contribution in [2.24, 2.45) is 5.92 Å². The molecule has 2 heterocycles. The van der Waals surface area contributed by atoms with Gasteiger partial charge >= 0.3 is 0 Å². The molecule has 1 aliphatic rings. The molecule has 1 saturated carbocycles. The summed E-state index contributed by atoms with van der Waals surface area (Å²) in [5.74, 6) is 1.01. The third-order valence-electron chi connectivity index (χ3n) is 5.96. The highest BCUT2D eigenvalue weighted by atomic mass is 19.1. The Bertz CT molecular complexity index is 965. The van der Waals surface area contributed by atoms with E-state index in [-0.39, 0.29) is 5.82 Å². The molecule has 4 rings (SSSR count). The Morgan fingerprint density at radius 2 is 1.93 bits per heavy atom. The van der Waals surface area contributed by atoms with Crippen molar-refractivity contribution in [3.63, 3.8) is 0 Å². The maximum atomic E-state index is 14.1. The Morgan fingerprint density at radius 1 is 1.13 bits per heavy atom. The lowest BCUT2D eigenvalue weighted by Gasteiger charge is -2.32. The zero-order valence-electron chi connectivity index (χ0n) is 17.5. The van der Waals surface area contributed by atoms with Gasteiger partial charge in [-0.15, -0.1) is 0 Å². The van der Waals surface area contributed by atoms with Crippen LogP contribution in [0.3, 0.4) is 0 Å². The van der Waals surface area contributed by atoms with Crippen molar-refractivity contribution < 1.29 is 9.13 Å². The molecule has 3 aromatic rings. The second kappa shape index (κ2) is 9.34. The van der Waals surface area contributed by atoms with Crippen molar-refractivity contribution in [2.75, 3.05) is 20.7 Å². The Kier molecular flexibility index (Phi) is 6.38. The molecule has 1 aromatic carbocycles. The van der Waals surface area contributed by atoms with Crippen molar-refractivity contribution in [3.8, 4) is 22.7 Å². The van der Waals surface area contributed by atoms with Gasteiger partial charge in [0.25, 0.3) is 0 Å². The van der Waals surface area contributed by atoms with Gasteiger partial charge in [0.1, 0.15) is 23.5 Å². The molecule has 6 nitrogen and oxygen atoms in total. The van der Waals surface area contributed by atoms with E-state index in [0.29, 0.717) is 35.7 Å². The fourth-order valence-corrected chi connectivity index (χ4v) is 4.14. The second-order valence-corrected chi connectivity index (χ2v) is 8.14. The molecule has 7 heteroatoms. The first-order chi connectivity index (χ1) is 14.6. The van der Waals surface area contributed by atoms with Gasteiger partial charge in [-0.1, -0.05) is 12.1 Å². The van der Waals surface area contributed by atoms with Gasteiger partial charge in [-0.05, 0) is 64.3 Å². The quantitative estimate of drug-likeness (QED) is 0.580. The molecule has 0 bridgehead atoms. The minimum absolute atomic E-state index is 0.324. The van der Waals surface area contributed by atoms with Crippen molar-refractivity contribution in [1.82, 2.24) is 24.6 Å². The summed E-state index contributed by atoms with van der Waals surface area (Å²) in [6.45, 7) is 0.638. The molecular formula is C23H28FN5O. The number of ether oxygens (including phenoxy) is 1. The van der Waals surface area contributed by atoms with Crippen LogP contribution in [0, 0.1) is 11.7 Å². The summed E-state index contributed by atoms with van der Waals surface area (Å²) in [5.41, 5.74) is 1.83. The van der Waals surface area contributed by atoms with Crippen LogP contribution in [-0.4, -0.2) is 51.4 Å². The number of nitrogens with zero attached hydrogens (tertiary/aromatic N) is 5. The lowest BCUT2D eigenvalue weighted by atomic mass is 9.84. The molecular weight excluding hydrogens is 381 g/mol. The highest BCUT2D eigenvalue weighted by molar-refractivity contribution is 5.64. The van der Waals surface area contributed by atoms with Gasteiger partial charge in [0.05, 0.1) is 19.0 Å². The van der Waals surface area contributed by atoms with E-state index in [1.54, 1.807) is 36.8 Å². The minimum Gasteiger partial charge on any atom is -0.490 e. The Morgan fingerprint density at radius 3 is 2.70 bits per heavy atom. The summed E-state index contributed by atoms with van der Waals surface area (Å²) in [5, 5.41) is 4.30. The summed E-state index contributed by atoms with van der Waals surface area (Å²) in [4.78, 5) is 10.8. The van der Waals surface area contributed by atoms with Crippen LogP contribution in [0.5, 0.6) is 5.75 Å². The average Bonchev–Trinajstić information content (AvgIpc) is 3.24. The van der Waals surface area contributed by atoms with Gasteiger partial charge in [0, 0.05) is 17.8 Å². The van der Waals surface area contributed by atoms with Crippen LogP contribution < -0.4 is 4.74 Å². The van der Waals surface area contributed by atoms with Crippen molar-refractivity contribution in [3.05, 3.63) is 55.0 Å². The molecule has 0 spiro atoms. The third-order valence-corrected chi connectivity index (χ3v) is 5.96. The summed E-state index contributed by atoms with van der Waals surface area (Å²) in [6, 6.07) is 7.26. The van der Waals surface area contributed by atoms with Gasteiger partial charge in [-0.25, -0.2) is 19.0 Å². The summed E-state index contributed by atoms with van der Waals surface area (Å²) < 4.78 is 21.6. The SMILES string of the molecule is CN(C)C1CCC(CCOc2cncnc2-c2cnn(-c3ccccc3F)c2)CC1. The highest BCUT2D eigenvalue weighted by Gasteiger charge is 2.22. The molecule has 1 aliphatic carbocycles. The van der Waals surface area contributed by atoms with Gasteiger partial charge in [-0.3, -0.25) is 0 Å². The lowest BCUT2D eigenvalue weighted by Crippen LogP contribution is -2.32. The zero-order valence-corrected chi connectivity index (χ0v) is 17.5. The normalized spacial score (nSPS) is 19.2. The number of hydrogen-bond acceptors (Lipinski definition) is 5. The summed E-state index contributed by atoms with van der Waals surface area (Å²) >= 11 is 0. The van der Waals surface area contributed by atoms with E-state index in [2.05, 4.69) is 34.1 Å². The molecule has 1 fully saturated rings. The summed E-state index contributed by atoms with van der Waals surface area (Å²) in [6.07, 6.45) is 12.7. The average molecular weight is 410 g/mol. The molecule has 0 aliphatic heterocycles. The Balaban J connectivity index is 1.40. The fourth-order valence-electron chi connectivity index (χ4n) is 4.14. The maximum absolute atomic E-state index is 14.1. The van der Waals surface area contributed by atoms with Crippen LogP contribution in [0.1, 0.15) is 32.1 Å². The first-order valence-electron chi connectivity index (χ1n) is 10.5. The van der Waals surface area contributed by atoms with Crippen molar-refractivity contribution in [2.45, 2.75) is 38.1 Å². The molecule has 0 amide bonds. The summed E-state index contributed by atoms with van der Waals surface area (Å²) in [7, 11) is 4.33. The van der Waals surface area contributed by atoms with E-state index in [1.807, 2.05) is 0 Å². The van der Waals surface area contributed by atoms with E-state index in [9.17, 15) is 4.39 Å². The smallest absolute Gasteiger partial charge is 0.163 e. The van der Waals surface area contributed by atoms with E-state index in [1.165, 1.54) is 42.8 Å². The van der Waals surface area contributed by atoms with Crippen LogP contribution in [-0.2, 0) is 0 Å². The monoisotopic (exact) mass is 409 g/mol. The number of aromatic nitrogens is 4. The third kappa shape index (κ3) is 4.67. The topological polar surface area (TPSA) is 56.1 Å². The van der Waals surface area contributed by atoms with Gasteiger partial charge in [0.2, 0.25) is 0 Å². The molecule has 0 radical (unpaired) electrons. The standard InChI is InChI=1S/C23H28FN5O/c1-28(2)19-9-7-17(8-10-19)11-12-30-22-14-25-16-26-23(22)18-13-27-29(15-18)21-6-4-3-5-20(21)24/h3-6,13-17,19H,7-12H2,1-2H3. The van der Waals surface area contributed by atoms with E-state index in [4.69, 9.17) is 4.74 Å². The molecule has 30 heavy (non-hydrogen) atoms. The van der Waals surface area contributed by atoms with Crippen LogP contribution in [0.25, 0.3) is 16.9 Å². The predicted molar refractivity (Wildman–Crippen MR) is 114 cm³/mol. The molecule has 158 valence electrons. The van der Waals surface area contributed by atoms with E-state index in [0.717, 1.165) is 12.0 Å². The number of benzene rings is 1. The maximum Gasteiger partial charge on any atom is 0.163 e. The number of halogens is 1. The minimum atomic E-state index is -0.324. The van der Waals surface area contributed by atoms with Crippen molar-refractivity contribution in [1.29, 1.82) is 0 Å². The van der Waals surface area contributed by atoms with Crippen LogP contribution >= 0.6 is 0 Å². The predicted octanol–water partition coefficient (Wildman–Crippen LogP) is 4.36. The number of rotatable bonds is 7. The second-order valence-electron chi connectivity index (χ2n) is 8.14. The highest BCUT2D eigenvalue weighted by Crippen LogP contribution is 2.31. The molecule has 0 atom stereocenters. The van der Waals surface area contributed by atoms with Gasteiger partial charge in [-0.2, -0.15) is 5.10 Å². The molecule has 2 aromatic heterocycles. The number of hydrogen-bond donors (Lipinski definition) is 0. The lowest BCUT2D eigenvalue weighted by molar-refractivity contribution is 0.173. The zero-order chi connectivity index (χ0) is 20.9. The van der Waals surface area contributed by atoms with Gasteiger partial charge < -0.3 is 9.64 Å². The fraction of sp³-hybridized carbons (Fsp3) is 0.435. The molecule has 0 unspecified atom stereocenters. The largest absolute Gasteiger partial charge is 0.490 e. The van der Waals surface area contributed by atoms with Crippen LogP contribution in [0.15, 0.2) is 49.2 Å². The van der Waals surface area contributed by atoms with Crippen molar-refractivity contribution >= 4 is 0 Å². The van der Waals surface area contributed by atoms with Gasteiger partial charge in [0.15, 0.2) is 5.75 Å². The number of para-hydroxylation sites is 1. The molecule has 0 N–H and O–H groups in total.